The van der Waals surface area contributed by atoms with E-state index < -0.39 is 15.8 Å². The number of hydrogen-bond donors (Lipinski definition) is 1. The molecule has 1 aromatic carbocycles. The van der Waals surface area contributed by atoms with Crippen molar-refractivity contribution in [2.75, 3.05) is 4.72 Å². The average molecular weight is 360 g/mol. The molecular formula is C10H7BrFN5O2S. The lowest BCUT2D eigenvalue weighted by Gasteiger charge is -2.08. The summed E-state index contributed by atoms with van der Waals surface area (Å²) in [6, 6.07) is 4.95. The van der Waals surface area contributed by atoms with Crippen molar-refractivity contribution in [3.8, 4) is 6.07 Å². The molecule has 1 heterocycles. The van der Waals surface area contributed by atoms with Crippen molar-refractivity contribution in [1.29, 1.82) is 5.26 Å². The van der Waals surface area contributed by atoms with Crippen molar-refractivity contribution in [1.82, 2.24) is 15.0 Å². The van der Waals surface area contributed by atoms with E-state index in [1.807, 2.05) is 0 Å². The van der Waals surface area contributed by atoms with Gasteiger partial charge in [0.15, 0.2) is 4.60 Å². The molecule has 0 radical (unpaired) electrons. The molecule has 2 rings (SSSR count). The summed E-state index contributed by atoms with van der Waals surface area (Å²) in [6.45, 7) is 0. The summed E-state index contributed by atoms with van der Waals surface area (Å²) in [6.07, 6.45) is 0. The number of hydrogen-bond acceptors (Lipinski definition) is 5. The first-order valence-corrected chi connectivity index (χ1v) is 7.40. The van der Waals surface area contributed by atoms with Gasteiger partial charge in [-0.25, -0.2) is 9.07 Å². The van der Waals surface area contributed by atoms with Crippen LogP contribution in [0.1, 0.15) is 5.56 Å². The molecule has 104 valence electrons. The van der Waals surface area contributed by atoms with Gasteiger partial charge in [0.2, 0.25) is 5.03 Å². The maximum Gasteiger partial charge on any atom is 0.281 e. The highest BCUT2D eigenvalue weighted by Crippen LogP contribution is 2.22. The van der Waals surface area contributed by atoms with Crippen LogP contribution in [0.25, 0.3) is 0 Å². The van der Waals surface area contributed by atoms with Gasteiger partial charge in [-0.05, 0) is 34.1 Å². The zero-order chi connectivity index (χ0) is 14.9. The van der Waals surface area contributed by atoms with Gasteiger partial charge in [0.1, 0.15) is 11.9 Å². The third-order valence-electron chi connectivity index (χ3n) is 2.33. The Labute approximate surface area is 122 Å². The maximum absolute atomic E-state index is 13.2. The molecule has 0 aliphatic rings. The van der Waals surface area contributed by atoms with Crippen LogP contribution < -0.4 is 4.72 Å². The quantitative estimate of drug-likeness (QED) is 0.892. The Bertz CT molecular complexity index is 792. The summed E-state index contributed by atoms with van der Waals surface area (Å²) >= 11 is 2.98. The fourth-order valence-electron chi connectivity index (χ4n) is 1.49. The smallest absolute Gasteiger partial charge is 0.278 e. The maximum atomic E-state index is 13.2. The van der Waals surface area contributed by atoms with E-state index in [0.29, 0.717) is 0 Å². The van der Waals surface area contributed by atoms with Crippen LogP contribution in [0.3, 0.4) is 0 Å². The summed E-state index contributed by atoms with van der Waals surface area (Å²) in [7, 11) is -2.55. The summed E-state index contributed by atoms with van der Waals surface area (Å²) in [5, 5.41) is 15.7. The highest BCUT2D eigenvalue weighted by atomic mass is 79.9. The number of rotatable bonds is 3. The van der Waals surface area contributed by atoms with Crippen LogP contribution in [0, 0.1) is 17.1 Å². The first-order valence-electron chi connectivity index (χ1n) is 5.13. The molecule has 0 fully saturated rings. The molecule has 0 saturated carbocycles. The predicted octanol–water partition coefficient (Wildman–Crippen LogP) is 1.39. The zero-order valence-electron chi connectivity index (χ0n) is 10.0. The van der Waals surface area contributed by atoms with E-state index in [9.17, 15) is 12.8 Å². The van der Waals surface area contributed by atoms with Crippen molar-refractivity contribution in [2.24, 2.45) is 7.05 Å². The Hall–Kier alpha value is -1.99. The molecule has 0 atom stereocenters. The third-order valence-corrected chi connectivity index (χ3v) is 4.60. The van der Waals surface area contributed by atoms with Crippen LogP contribution in [-0.2, 0) is 17.1 Å². The fourth-order valence-corrected chi connectivity index (χ4v) is 3.63. The van der Waals surface area contributed by atoms with Gasteiger partial charge < -0.3 is 0 Å². The molecule has 2 aromatic rings. The molecule has 0 aliphatic heterocycles. The van der Waals surface area contributed by atoms with Gasteiger partial charge in [-0.15, -0.1) is 5.10 Å². The number of halogens is 2. The van der Waals surface area contributed by atoms with E-state index in [4.69, 9.17) is 5.26 Å². The lowest BCUT2D eigenvalue weighted by Crippen LogP contribution is -2.17. The highest BCUT2D eigenvalue weighted by Gasteiger charge is 2.24. The lowest BCUT2D eigenvalue weighted by molar-refractivity contribution is 0.578. The van der Waals surface area contributed by atoms with Crippen LogP contribution in [-0.4, -0.2) is 23.4 Å². The number of aryl methyl sites for hydroxylation is 1. The zero-order valence-corrected chi connectivity index (χ0v) is 12.4. The van der Waals surface area contributed by atoms with E-state index in [0.717, 1.165) is 16.8 Å². The standard InChI is InChI=1S/C10H7BrFN5O2S/c1-17-10(9(11)14-16-17)20(18,19)15-7-2-3-8(12)6(4-7)5-13/h2-4,15H,1H3. The Balaban J connectivity index is 2.42. The second-order valence-electron chi connectivity index (χ2n) is 3.72. The van der Waals surface area contributed by atoms with Crippen LogP contribution in [0.5, 0.6) is 0 Å². The largest absolute Gasteiger partial charge is 0.281 e. The number of sulfonamides is 1. The van der Waals surface area contributed by atoms with Crippen LogP contribution in [0.2, 0.25) is 0 Å². The van der Waals surface area contributed by atoms with Gasteiger partial charge in [0, 0.05) is 7.05 Å². The molecule has 0 aliphatic carbocycles. The minimum absolute atomic E-state index is 0.0510. The average Bonchev–Trinajstić information content (AvgIpc) is 2.71. The van der Waals surface area contributed by atoms with Crippen molar-refractivity contribution >= 4 is 31.6 Å². The molecule has 20 heavy (non-hydrogen) atoms. The first kappa shape index (κ1) is 14.4. The van der Waals surface area contributed by atoms with Crippen LogP contribution in [0.15, 0.2) is 27.8 Å². The lowest BCUT2D eigenvalue weighted by atomic mass is 10.2. The van der Waals surface area contributed by atoms with Crippen LogP contribution >= 0.6 is 15.9 Å². The SMILES string of the molecule is Cn1nnc(Br)c1S(=O)(=O)Nc1ccc(F)c(C#N)c1. The van der Waals surface area contributed by atoms with Gasteiger partial charge in [0.25, 0.3) is 10.0 Å². The van der Waals surface area contributed by atoms with Crippen molar-refractivity contribution in [3.05, 3.63) is 34.2 Å². The summed E-state index contributed by atoms with van der Waals surface area (Å²) in [4.78, 5) is 0. The van der Waals surface area contributed by atoms with Gasteiger partial charge >= 0.3 is 0 Å². The Morgan fingerprint density at radius 2 is 2.20 bits per heavy atom. The predicted molar refractivity (Wildman–Crippen MR) is 70.6 cm³/mol. The molecule has 10 heteroatoms. The first-order chi connectivity index (χ1) is 9.35. The fraction of sp³-hybridized carbons (Fsp3) is 0.100. The van der Waals surface area contributed by atoms with Gasteiger partial charge in [-0.3, -0.25) is 4.72 Å². The molecule has 0 amide bonds. The minimum atomic E-state index is -3.96. The number of nitriles is 1. The van der Waals surface area contributed by atoms with Crippen molar-refractivity contribution < 1.29 is 12.8 Å². The van der Waals surface area contributed by atoms with E-state index in [1.54, 1.807) is 6.07 Å². The second-order valence-corrected chi connectivity index (χ2v) is 6.07. The van der Waals surface area contributed by atoms with E-state index >= 15 is 0 Å². The van der Waals surface area contributed by atoms with Gasteiger partial charge in [0.05, 0.1) is 11.3 Å². The normalized spacial score (nSPS) is 11.1. The molecule has 1 N–H and O–H groups in total. The monoisotopic (exact) mass is 359 g/mol. The molecular weight excluding hydrogens is 353 g/mol. The molecule has 0 spiro atoms. The number of nitrogens with zero attached hydrogens (tertiary/aromatic N) is 4. The summed E-state index contributed by atoms with van der Waals surface area (Å²) in [5.41, 5.74) is -0.191. The van der Waals surface area contributed by atoms with Crippen LogP contribution in [0.4, 0.5) is 10.1 Å². The number of anilines is 1. The highest BCUT2D eigenvalue weighted by molar-refractivity contribution is 9.10. The summed E-state index contributed by atoms with van der Waals surface area (Å²) < 4.78 is 40.9. The van der Waals surface area contributed by atoms with E-state index in [2.05, 4.69) is 31.0 Å². The Morgan fingerprint density at radius 1 is 1.50 bits per heavy atom. The number of aromatic nitrogens is 3. The molecule has 0 unspecified atom stereocenters. The topological polar surface area (TPSA) is 101 Å². The summed E-state index contributed by atoms with van der Waals surface area (Å²) in [5.74, 6) is -0.723. The number of nitrogens with one attached hydrogen (secondary N) is 1. The molecule has 0 bridgehead atoms. The number of benzene rings is 1. The molecule has 1 aromatic heterocycles. The van der Waals surface area contributed by atoms with Gasteiger partial charge in [-0.1, -0.05) is 5.21 Å². The third kappa shape index (κ3) is 2.63. The minimum Gasteiger partial charge on any atom is -0.278 e. The van der Waals surface area contributed by atoms with Crippen molar-refractivity contribution in [2.45, 2.75) is 5.03 Å². The molecule has 0 saturated heterocycles. The molecule has 7 nitrogen and oxygen atoms in total. The van der Waals surface area contributed by atoms with E-state index in [1.165, 1.54) is 13.1 Å². The van der Waals surface area contributed by atoms with Crippen molar-refractivity contribution in [3.63, 3.8) is 0 Å². The van der Waals surface area contributed by atoms with Gasteiger partial charge in [-0.2, -0.15) is 13.7 Å². The Morgan fingerprint density at radius 3 is 2.75 bits per heavy atom. The Kier molecular flexibility index (Phi) is 3.74. The van der Waals surface area contributed by atoms with E-state index in [-0.39, 0.29) is 20.9 Å². The second kappa shape index (κ2) is 5.18.